The molecule has 0 spiro atoms. The maximum atomic E-state index is 11.9. The summed E-state index contributed by atoms with van der Waals surface area (Å²) in [6, 6.07) is 6.03. The van der Waals surface area contributed by atoms with Crippen LogP contribution in [0.3, 0.4) is 0 Å². The molecule has 2 rings (SSSR count). The zero-order valence-corrected chi connectivity index (χ0v) is 11.5. The predicted octanol–water partition coefficient (Wildman–Crippen LogP) is 2.13. The van der Waals surface area contributed by atoms with Gasteiger partial charge in [0, 0.05) is 23.4 Å². The van der Waals surface area contributed by atoms with Crippen LogP contribution in [0.1, 0.15) is 20.8 Å². The number of nitrogens with one attached hydrogen (secondary N) is 1. The molecule has 1 aromatic carbocycles. The van der Waals surface area contributed by atoms with Crippen LogP contribution in [-0.4, -0.2) is 26.8 Å². The molecule has 1 heterocycles. The van der Waals surface area contributed by atoms with Crippen molar-refractivity contribution in [1.82, 2.24) is 9.78 Å². The van der Waals surface area contributed by atoms with Crippen molar-refractivity contribution >= 4 is 33.5 Å². The zero-order valence-electron chi connectivity index (χ0n) is 9.92. The van der Waals surface area contributed by atoms with Gasteiger partial charge >= 0.3 is 5.97 Å². The molecule has 2 N–H and O–H groups in total. The number of carbonyl (C=O) groups excluding carboxylic acids is 1. The highest BCUT2D eigenvalue weighted by Gasteiger charge is 2.11. The molecular formula is C12H10BrN3O3. The van der Waals surface area contributed by atoms with E-state index in [0.29, 0.717) is 10.2 Å². The predicted molar refractivity (Wildman–Crippen MR) is 72.3 cm³/mol. The smallest absolute Gasteiger partial charge is 0.335 e. The van der Waals surface area contributed by atoms with E-state index in [1.165, 1.54) is 16.8 Å². The number of hydrogen-bond acceptors (Lipinski definition) is 3. The van der Waals surface area contributed by atoms with E-state index in [-0.39, 0.29) is 11.3 Å². The maximum Gasteiger partial charge on any atom is 0.335 e. The summed E-state index contributed by atoms with van der Waals surface area (Å²) < 4.78 is 2.09. The van der Waals surface area contributed by atoms with Gasteiger partial charge in [-0.15, -0.1) is 0 Å². The van der Waals surface area contributed by atoms with Crippen molar-refractivity contribution in [3.05, 3.63) is 46.2 Å². The molecule has 0 saturated carbocycles. The van der Waals surface area contributed by atoms with Gasteiger partial charge in [0.1, 0.15) is 0 Å². The average molecular weight is 324 g/mol. The topological polar surface area (TPSA) is 84.2 Å². The van der Waals surface area contributed by atoms with Crippen molar-refractivity contribution in [2.24, 2.45) is 7.05 Å². The molecule has 1 aromatic heterocycles. The molecule has 98 valence electrons. The first-order valence-electron chi connectivity index (χ1n) is 5.30. The summed E-state index contributed by atoms with van der Waals surface area (Å²) in [5.74, 6) is -1.45. The van der Waals surface area contributed by atoms with Gasteiger partial charge in [0.15, 0.2) is 5.69 Å². The number of rotatable bonds is 3. The van der Waals surface area contributed by atoms with Gasteiger partial charge in [0.2, 0.25) is 0 Å². The molecule has 19 heavy (non-hydrogen) atoms. The van der Waals surface area contributed by atoms with Gasteiger partial charge in [-0.2, -0.15) is 5.10 Å². The molecule has 7 heteroatoms. The Labute approximate surface area is 117 Å². The van der Waals surface area contributed by atoms with Gasteiger partial charge in [-0.25, -0.2) is 4.79 Å². The second-order valence-electron chi connectivity index (χ2n) is 3.86. The van der Waals surface area contributed by atoms with Crippen molar-refractivity contribution in [1.29, 1.82) is 0 Å². The van der Waals surface area contributed by atoms with E-state index >= 15 is 0 Å². The van der Waals surface area contributed by atoms with E-state index in [0.717, 1.165) is 0 Å². The average Bonchev–Trinajstić information content (AvgIpc) is 2.75. The molecule has 0 aliphatic carbocycles. The number of aromatic carboxylic acids is 1. The van der Waals surface area contributed by atoms with Gasteiger partial charge in [-0.1, -0.05) is 15.9 Å². The van der Waals surface area contributed by atoms with Gasteiger partial charge in [-0.3, -0.25) is 9.48 Å². The number of benzene rings is 1. The first-order valence-corrected chi connectivity index (χ1v) is 6.10. The highest BCUT2D eigenvalue weighted by atomic mass is 79.9. The van der Waals surface area contributed by atoms with Crippen LogP contribution < -0.4 is 5.32 Å². The fourth-order valence-corrected chi connectivity index (χ4v) is 2.01. The second kappa shape index (κ2) is 5.23. The van der Waals surface area contributed by atoms with E-state index in [2.05, 4.69) is 26.3 Å². The SMILES string of the molecule is Cn1ccc(C(=O)Nc2cc(Br)cc(C(=O)O)c2)n1. The second-order valence-corrected chi connectivity index (χ2v) is 4.78. The third-order valence-electron chi connectivity index (χ3n) is 2.35. The number of carboxylic acid groups (broad SMARTS) is 1. The molecule has 1 amide bonds. The molecule has 0 aliphatic rings. The number of anilines is 1. The van der Waals surface area contributed by atoms with Crippen molar-refractivity contribution in [3.8, 4) is 0 Å². The number of nitrogens with zero attached hydrogens (tertiary/aromatic N) is 2. The fourth-order valence-electron chi connectivity index (χ4n) is 1.52. The zero-order chi connectivity index (χ0) is 14.0. The summed E-state index contributed by atoms with van der Waals surface area (Å²) in [5, 5.41) is 15.5. The minimum absolute atomic E-state index is 0.0886. The third kappa shape index (κ3) is 3.19. The van der Waals surface area contributed by atoms with E-state index in [1.807, 2.05) is 0 Å². The molecule has 0 fully saturated rings. The monoisotopic (exact) mass is 323 g/mol. The molecule has 0 saturated heterocycles. The first-order chi connectivity index (χ1) is 8.95. The highest BCUT2D eigenvalue weighted by Crippen LogP contribution is 2.20. The quantitative estimate of drug-likeness (QED) is 0.906. The van der Waals surface area contributed by atoms with Gasteiger partial charge in [0.25, 0.3) is 5.91 Å². The Morgan fingerprint density at radius 1 is 1.37 bits per heavy atom. The van der Waals surface area contributed by atoms with E-state index in [9.17, 15) is 9.59 Å². The molecule has 0 atom stereocenters. The summed E-state index contributed by atoms with van der Waals surface area (Å²) in [5.41, 5.74) is 0.743. The molecule has 2 aromatic rings. The largest absolute Gasteiger partial charge is 0.478 e. The lowest BCUT2D eigenvalue weighted by Gasteiger charge is -2.05. The highest BCUT2D eigenvalue weighted by molar-refractivity contribution is 9.10. The minimum Gasteiger partial charge on any atom is -0.478 e. The standard InChI is InChI=1S/C12H10BrN3O3/c1-16-3-2-10(15-16)11(17)14-9-5-7(12(18)19)4-8(13)6-9/h2-6H,1H3,(H,14,17)(H,18,19). The number of carbonyl (C=O) groups is 2. The number of hydrogen-bond donors (Lipinski definition) is 2. The van der Waals surface area contributed by atoms with E-state index < -0.39 is 11.9 Å². The molecule has 0 unspecified atom stereocenters. The molecule has 6 nitrogen and oxygen atoms in total. The number of halogens is 1. The summed E-state index contributed by atoms with van der Waals surface area (Å²) >= 11 is 3.20. The van der Waals surface area contributed by atoms with Crippen molar-refractivity contribution in [2.75, 3.05) is 5.32 Å². The third-order valence-corrected chi connectivity index (χ3v) is 2.81. The Balaban J connectivity index is 2.23. The van der Waals surface area contributed by atoms with Crippen LogP contribution in [0.25, 0.3) is 0 Å². The Morgan fingerprint density at radius 2 is 2.11 bits per heavy atom. The lowest BCUT2D eigenvalue weighted by atomic mass is 10.2. The minimum atomic E-state index is -1.06. The number of aromatic nitrogens is 2. The van der Waals surface area contributed by atoms with Gasteiger partial charge in [-0.05, 0) is 24.3 Å². The molecular weight excluding hydrogens is 314 g/mol. The van der Waals surface area contributed by atoms with Crippen molar-refractivity contribution in [3.63, 3.8) is 0 Å². The van der Waals surface area contributed by atoms with E-state index in [4.69, 9.17) is 5.11 Å². The van der Waals surface area contributed by atoms with Crippen LogP contribution in [0.2, 0.25) is 0 Å². The van der Waals surface area contributed by atoms with Crippen LogP contribution in [0.4, 0.5) is 5.69 Å². The molecule has 0 radical (unpaired) electrons. The Morgan fingerprint density at radius 3 is 2.68 bits per heavy atom. The lowest BCUT2D eigenvalue weighted by molar-refractivity contribution is 0.0696. The van der Waals surface area contributed by atoms with Crippen molar-refractivity contribution < 1.29 is 14.7 Å². The van der Waals surface area contributed by atoms with Crippen LogP contribution in [0.15, 0.2) is 34.9 Å². The van der Waals surface area contributed by atoms with Crippen LogP contribution in [0.5, 0.6) is 0 Å². The summed E-state index contributed by atoms with van der Waals surface area (Å²) in [6.07, 6.45) is 1.65. The lowest BCUT2D eigenvalue weighted by Crippen LogP contribution is -2.13. The van der Waals surface area contributed by atoms with Crippen LogP contribution >= 0.6 is 15.9 Å². The van der Waals surface area contributed by atoms with Crippen molar-refractivity contribution in [2.45, 2.75) is 0 Å². The summed E-state index contributed by atoms with van der Waals surface area (Å²) in [7, 11) is 1.71. The van der Waals surface area contributed by atoms with Crippen LogP contribution in [-0.2, 0) is 7.05 Å². The first kappa shape index (κ1) is 13.3. The summed E-state index contributed by atoms with van der Waals surface area (Å²) in [4.78, 5) is 22.8. The number of amides is 1. The number of carboxylic acids is 1. The Bertz CT molecular complexity index is 651. The normalized spacial score (nSPS) is 10.2. The van der Waals surface area contributed by atoms with E-state index in [1.54, 1.807) is 25.4 Å². The maximum absolute atomic E-state index is 11.9. The Kier molecular flexibility index (Phi) is 3.66. The van der Waals surface area contributed by atoms with Gasteiger partial charge in [0.05, 0.1) is 5.56 Å². The van der Waals surface area contributed by atoms with Gasteiger partial charge < -0.3 is 10.4 Å². The Hall–Kier alpha value is -2.15. The fraction of sp³-hybridized carbons (Fsp3) is 0.0833. The molecule has 0 bridgehead atoms. The molecule has 0 aliphatic heterocycles. The van der Waals surface area contributed by atoms with Crippen LogP contribution in [0, 0.1) is 0 Å². The summed E-state index contributed by atoms with van der Waals surface area (Å²) in [6.45, 7) is 0. The number of aryl methyl sites for hydroxylation is 1.